The lowest BCUT2D eigenvalue weighted by Crippen LogP contribution is -1.85. The van der Waals surface area contributed by atoms with Crippen LogP contribution in [0.25, 0.3) is 0 Å². The topological polar surface area (TPSA) is 9.23 Å². The number of ether oxygens (including phenoxy) is 1. The van der Waals surface area contributed by atoms with Crippen molar-refractivity contribution in [3.8, 4) is 0 Å². The van der Waals surface area contributed by atoms with Crippen LogP contribution in [0.5, 0.6) is 0 Å². The van der Waals surface area contributed by atoms with Gasteiger partial charge in [-0.15, -0.1) is 0 Å². The van der Waals surface area contributed by atoms with Crippen LogP contribution in [0.3, 0.4) is 0 Å². The molecule has 0 saturated carbocycles. The van der Waals surface area contributed by atoms with Gasteiger partial charge < -0.3 is 4.74 Å². The Balaban J connectivity index is 4.41. The normalized spacial score (nSPS) is 13.5. The Morgan fingerprint density at radius 2 is 1.80 bits per heavy atom. The molecule has 0 spiro atoms. The zero-order valence-electron chi connectivity index (χ0n) is 9.44. The summed E-state index contributed by atoms with van der Waals surface area (Å²) in [5.74, 6) is 1.54. The number of rotatable bonds is 6. The van der Waals surface area contributed by atoms with Gasteiger partial charge in [-0.05, 0) is 32.1 Å². The van der Waals surface area contributed by atoms with Crippen LogP contribution in [0.4, 0.5) is 0 Å². The van der Waals surface area contributed by atoms with E-state index in [9.17, 15) is 0 Å². The quantitative estimate of drug-likeness (QED) is 0.461. The number of hydrogen-bond acceptors (Lipinski definition) is 1. The average Bonchev–Trinajstić information content (AvgIpc) is 2.24. The van der Waals surface area contributed by atoms with E-state index in [1.54, 1.807) is 12.2 Å². The molecule has 15 heavy (non-hydrogen) atoms. The van der Waals surface area contributed by atoms with Crippen LogP contribution in [0.15, 0.2) is 73.3 Å². The second-order valence-corrected chi connectivity index (χ2v) is 2.80. The maximum absolute atomic E-state index is 5.52. The molecule has 0 aromatic carbocycles. The summed E-state index contributed by atoms with van der Waals surface area (Å²) < 4.78 is 5.52. The summed E-state index contributed by atoms with van der Waals surface area (Å²) in [5, 5.41) is 0. The van der Waals surface area contributed by atoms with Gasteiger partial charge in [0.1, 0.15) is 11.5 Å². The van der Waals surface area contributed by atoms with Crippen molar-refractivity contribution in [3.63, 3.8) is 0 Å². The van der Waals surface area contributed by atoms with Crippen LogP contribution in [0.2, 0.25) is 0 Å². The van der Waals surface area contributed by atoms with Crippen LogP contribution >= 0.6 is 0 Å². The van der Waals surface area contributed by atoms with Crippen LogP contribution in [0.1, 0.15) is 13.8 Å². The zero-order chi connectivity index (χ0) is 11.5. The van der Waals surface area contributed by atoms with Crippen LogP contribution < -0.4 is 0 Å². The highest BCUT2D eigenvalue weighted by Gasteiger charge is 1.91. The van der Waals surface area contributed by atoms with Crippen molar-refractivity contribution in [1.82, 2.24) is 0 Å². The SMILES string of the molecule is C=C/C=C\C=C(/C)O/C(C=C)=C/C=C\C. The van der Waals surface area contributed by atoms with Gasteiger partial charge in [0.2, 0.25) is 0 Å². The van der Waals surface area contributed by atoms with Crippen LogP contribution in [0, 0.1) is 0 Å². The van der Waals surface area contributed by atoms with E-state index in [-0.39, 0.29) is 0 Å². The molecule has 0 saturated heterocycles. The number of hydrogen-bond donors (Lipinski definition) is 0. The van der Waals surface area contributed by atoms with Gasteiger partial charge in [0.25, 0.3) is 0 Å². The molecule has 80 valence electrons. The van der Waals surface area contributed by atoms with Crippen molar-refractivity contribution in [3.05, 3.63) is 73.3 Å². The molecule has 0 radical (unpaired) electrons. The highest BCUT2D eigenvalue weighted by molar-refractivity contribution is 5.19. The van der Waals surface area contributed by atoms with E-state index in [1.807, 2.05) is 50.3 Å². The van der Waals surface area contributed by atoms with Gasteiger partial charge in [0.15, 0.2) is 0 Å². The third-order valence-corrected chi connectivity index (χ3v) is 1.51. The Morgan fingerprint density at radius 3 is 2.33 bits per heavy atom. The van der Waals surface area contributed by atoms with Crippen molar-refractivity contribution < 1.29 is 4.74 Å². The predicted molar refractivity (Wildman–Crippen MR) is 67.3 cm³/mol. The minimum atomic E-state index is 0.730. The molecule has 0 heterocycles. The van der Waals surface area contributed by atoms with Gasteiger partial charge in [-0.1, -0.05) is 43.5 Å². The Bertz CT molecular complexity index is 314. The lowest BCUT2D eigenvalue weighted by Gasteiger charge is -2.04. The van der Waals surface area contributed by atoms with E-state index < -0.39 is 0 Å². The molecule has 0 aliphatic heterocycles. The molecule has 1 heteroatoms. The van der Waals surface area contributed by atoms with E-state index in [2.05, 4.69) is 13.2 Å². The molecule has 0 N–H and O–H groups in total. The minimum Gasteiger partial charge on any atom is -0.462 e. The first-order chi connectivity index (χ1) is 7.24. The molecule has 0 atom stereocenters. The summed E-state index contributed by atoms with van der Waals surface area (Å²) in [6, 6.07) is 0. The van der Waals surface area contributed by atoms with E-state index in [0.29, 0.717) is 0 Å². The van der Waals surface area contributed by atoms with E-state index in [0.717, 1.165) is 11.5 Å². The molecule has 0 aromatic heterocycles. The average molecular weight is 202 g/mol. The van der Waals surface area contributed by atoms with Crippen molar-refractivity contribution in [2.24, 2.45) is 0 Å². The summed E-state index contributed by atoms with van der Waals surface area (Å²) in [4.78, 5) is 0. The van der Waals surface area contributed by atoms with Gasteiger partial charge >= 0.3 is 0 Å². The Labute approximate surface area is 92.5 Å². The molecular formula is C14H18O. The minimum absolute atomic E-state index is 0.730. The fraction of sp³-hybridized carbons (Fsp3) is 0.143. The first-order valence-electron chi connectivity index (χ1n) is 4.83. The molecule has 0 aromatic rings. The van der Waals surface area contributed by atoms with Crippen molar-refractivity contribution in [1.29, 1.82) is 0 Å². The maximum Gasteiger partial charge on any atom is 0.126 e. The molecular weight excluding hydrogens is 184 g/mol. The van der Waals surface area contributed by atoms with Crippen LogP contribution in [-0.2, 0) is 4.74 Å². The smallest absolute Gasteiger partial charge is 0.126 e. The molecule has 1 nitrogen and oxygen atoms in total. The predicted octanol–water partition coefficient (Wildman–Crippen LogP) is 4.30. The van der Waals surface area contributed by atoms with Crippen molar-refractivity contribution in [2.75, 3.05) is 0 Å². The molecule has 0 aliphatic carbocycles. The largest absolute Gasteiger partial charge is 0.462 e. The first-order valence-corrected chi connectivity index (χ1v) is 4.83. The summed E-state index contributed by atoms with van der Waals surface area (Å²) in [7, 11) is 0. The lowest BCUT2D eigenvalue weighted by molar-refractivity contribution is 0.323. The van der Waals surface area contributed by atoms with Crippen molar-refractivity contribution >= 4 is 0 Å². The fourth-order valence-electron chi connectivity index (χ4n) is 0.824. The summed E-state index contributed by atoms with van der Waals surface area (Å²) in [6.45, 7) is 11.1. The van der Waals surface area contributed by atoms with E-state index in [4.69, 9.17) is 4.74 Å². The second-order valence-electron chi connectivity index (χ2n) is 2.80. The van der Waals surface area contributed by atoms with Gasteiger partial charge in [-0.25, -0.2) is 0 Å². The van der Waals surface area contributed by atoms with Crippen LogP contribution in [-0.4, -0.2) is 0 Å². The van der Waals surface area contributed by atoms with E-state index in [1.165, 1.54) is 0 Å². The third kappa shape index (κ3) is 7.32. The maximum atomic E-state index is 5.52. The number of allylic oxidation sites excluding steroid dienone is 9. The first kappa shape index (κ1) is 13.2. The highest BCUT2D eigenvalue weighted by atomic mass is 16.5. The summed E-state index contributed by atoms with van der Waals surface area (Å²) in [6.07, 6.45) is 14.7. The standard InChI is InChI=1S/C14H18O/c1-5-8-10-11-13(4)15-14(7-3)12-9-6-2/h5-12H,1,3H2,2,4H3/b9-6-,10-8-,13-11+,14-12+. The van der Waals surface area contributed by atoms with Gasteiger partial charge in [-0.2, -0.15) is 0 Å². The monoisotopic (exact) mass is 202 g/mol. The Morgan fingerprint density at radius 1 is 1.07 bits per heavy atom. The van der Waals surface area contributed by atoms with E-state index >= 15 is 0 Å². The third-order valence-electron chi connectivity index (χ3n) is 1.51. The molecule has 0 aliphatic rings. The van der Waals surface area contributed by atoms with Gasteiger partial charge in [0.05, 0.1) is 0 Å². The molecule has 0 fully saturated rings. The molecule has 0 amide bonds. The summed E-state index contributed by atoms with van der Waals surface area (Å²) >= 11 is 0. The molecule has 0 bridgehead atoms. The fourth-order valence-corrected chi connectivity index (χ4v) is 0.824. The zero-order valence-corrected chi connectivity index (χ0v) is 9.44. The highest BCUT2D eigenvalue weighted by Crippen LogP contribution is 2.07. The van der Waals surface area contributed by atoms with Crippen molar-refractivity contribution in [2.45, 2.75) is 13.8 Å². The lowest BCUT2D eigenvalue weighted by atomic mass is 10.4. The Kier molecular flexibility index (Phi) is 7.79. The Hall–Kier alpha value is -1.76. The second kappa shape index (κ2) is 8.82. The summed E-state index contributed by atoms with van der Waals surface area (Å²) in [5.41, 5.74) is 0. The molecule has 0 unspecified atom stereocenters. The van der Waals surface area contributed by atoms with Gasteiger partial charge in [-0.3, -0.25) is 0 Å². The molecule has 0 rings (SSSR count). The van der Waals surface area contributed by atoms with Gasteiger partial charge in [0, 0.05) is 0 Å².